The molecule has 0 aliphatic rings. The van der Waals surface area contributed by atoms with E-state index >= 15 is 0 Å². The lowest BCUT2D eigenvalue weighted by molar-refractivity contribution is 0.0698. The number of rotatable bonds is 3. The highest BCUT2D eigenvalue weighted by molar-refractivity contribution is 9.10. The van der Waals surface area contributed by atoms with Crippen LogP contribution < -0.4 is 11.1 Å². The van der Waals surface area contributed by atoms with Crippen molar-refractivity contribution in [3.63, 3.8) is 0 Å². The quantitative estimate of drug-likeness (QED) is 0.742. The van der Waals surface area contributed by atoms with Gasteiger partial charge in [-0.15, -0.1) is 0 Å². The molecule has 0 aromatic heterocycles. The van der Waals surface area contributed by atoms with Gasteiger partial charge in [-0.05, 0) is 30.3 Å². The van der Waals surface area contributed by atoms with Crippen molar-refractivity contribution in [3.8, 4) is 0 Å². The van der Waals surface area contributed by atoms with Gasteiger partial charge in [0.25, 0.3) is 0 Å². The van der Waals surface area contributed by atoms with E-state index in [2.05, 4.69) is 21.2 Å². The molecule has 0 amide bonds. The van der Waals surface area contributed by atoms with E-state index in [1.54, 1.807) is 0 Å². The van der Waals surface area contributed by atoms with Gasteiger partial charge in [-0.3, -0.25) is 0 Å². The fourth-order valence-electron chi connectivity index (χ4n) is 1.67. The van der Waals surface area contributed by atoms with E-state index in [0.717, 1.165) is 6.07 Å². The lowest BCUT2D eigenvalue weighted by Crippen LogP contribution is -2.09. The van der Waals surface area contributed by atoms with Gasteiger partial charge in [0.2, 0.25) is 0 Å². The van der Waals surface area contributed by atoms with E-state index in [4.69, 9.17) is 10.8 Å². The molecule has 4 N–H and O–H groups in total. The minimum atomic E-state index is -1.40. The molecule has 0 saturated heterocycles. The summed E-state index contributed by atoms with van der Waals surface area (Å²) in [5.41, 5.74) is 4.52. The van der Waals surface area contributed by atoms with Gasteiger partial charge in [0.1, 0.15) is 17.2 Å². The third-order valence-electron chi connectivity index (χ3n) is 2.60. The summed E-state index contributed by atoms with van der Waals surface area (Å²) in [6.07, 6.45) is 0. The topological polar surface area (TPSA) is 75.3 Å². The molecule has 2 aromatic rings. The van der Waals surface area contributed by atoms with Gasteiger partial charge in [0.05, 0.1) is 17.1 Å². The predicted octanol–water partition coefficient (Wildman–Crippen LogP) is 3.75. The molecular weight excluding hydrogens is 334 g/mol. The zero-order valence-corrected chi connectivity index (χ0v) is 11.5. The van der Waals surface area contributed by atoms with Crippen molar-refractivity contribution < 1.29 is 18.7 Å². The third kappa shape index (κ3) is 2.72. The summed E-state index contributed by atoms with van der Waals surface area (Å²) in [6.45, 7) is 0. The maximum absolute atomic E-state index is 13.6. The van der Waals surface area contributed by atoms with Gasteiger partial charge in [-0.1, -0.05) is 15.9 Å². The van der Waals surface area contributed by atoms with E-state index in [-0.39, 0.29) is 11.4 Å². The average Bonchev–Trinajstić information content (AvgIpc) is 2.38. The molecule has 0 saturated carbocycles. The largest absolute Gasteiger partial charge is 0.478 e. The highest BCUT2D eigenvalue weighted by atomic mass is 79.9. The van der Waals surface area contributed by atoms with Crippen LogP contribution in [0.3, 0.4) is 0 Å². The number of nitrogens with one attached hydrogen (secondary N) is 1. The van der Waals surface area contributed by atoms with Crippen molar-refractivity contribution in [2.75, 3.05) is 11.1 Å². The summed E-state index contributed by atoms with van der Waals surface area (Å²) in [5.74, 6) is -2.82. The zero-order chi connectivity index (χ0) is 14.9. The van der Waals surface area contributed by atoms with Crippen LogP contribution in [0.4, 0.5) is 25.8 Å². The minimum absolute atomic E-state index is 0.00778. The van der Waals surface area contributed by atoms with E-state index < -0.39 is 28.9 Å². The minimum Gasteiger partial charge on any atom is -0.478 e. The molecule has 7 heteroatoms. The molecule has 0 aliphatic heterocycles. The van der Waals surface area contributed by atoms with Crippen LogP contribution in [0.25, 0.3) is 0 Å². The Morgan fingerprint density at radius 2 is 1.80 bits per heavy atom. The van der Waals surface area contributed by atoms with Crippen molar-refractivity contribution in [2.45, 2.75) is 0 Å². The molecule has 0 heterocycles. The summed E-state index contributed by atoms with van der Waals surface area (Å²) < 4.78 is 27.5. The summed E-state index contributed by atoms with van der Waals surface area (Å²) in [6, 6.07) is 6.34. The van der Waals surface area contributed by atoms with Crippen molar-refractivity contribution in [1.29, 1.82) is 0 Å². The van der Waals surface area contributed by atoms with Crippen LogP contribution in [0.2, 0.25) is 0 Å². The molecule has 0 radical (unpaired) electrons. The highest BCUT2D eigenvalue weighted by Crippen LogP contribution is 2.30. The fraction of sp³-hybridized carbons (Fsp3) is 0. The van der Waals surface area contributed by atoms with Gasteiger partial charge in [0, 0.05) is 4.47 Å². The molecule has 0 aliphatic carbocycles. The molecule has 0 fully saturated rings. The molecule has 0 bridgehead atoms. The van der Waals surface area contributed by atoms with E-state index in [1.807, 2.05) is 0 Å². The van der Waals surface area contributed by atoms with Crippen molar-refractivity contribution >= 4 is 39.0 Å². The Labute approximate surface area is 121 Å². The monoisotopic (exact) mass is 342 g/mol. The number of aromatic carboxylic acids is 1. The Hall–Kier alpha value is -2.15. The van der Waals surface area contributed by atoms with Crippen LogP contribution in [-0.2, 0) is 0 Å². The zero-order valence-electron chi connectivity index (χ0n) is 9.95. The maximum atomic E-state index is 13.6. The Morgan fingerprint density at radius 1 is 1.15 bits per heavy atom. The van der Waals surface area contributed by atoms with Crippen LogP contribution >= 0.6 is 15.9 Å². The third-order valence-corrected chi connectivity index (χ3v) is 3.10. The number of anilines is 3. The number of carboxylic acids is 1. The van der Waals surface area contributed by atoms with Crippen LogP contribution in [0.15, 0.2) is 34.8 Å². The second-order valence-electron chi connectivity index (χ2n) is 3.94. The van der Waals surface area contributed by atoms with Crippen LogP contribution in [0.1, 0.15) is 10.4 Å². The Bertz CT molecular complexity index is 692. The predicted molar refractivity (Wildman–Crippen MR) is 75.2 cm³/mol. The number of benzene rings is 2. The number of nitrogens with two attached hydrogens (primary N) is 1. The average molecular weight is 343 g/mol. The molecular formula is C13H9BrF2N2O2. The maximum Gasteiger partial charge on any atom is 0.340 e. The lowest BCUT2D eigenvalue weighted by atomic mass is 10.1. The van der Waals surface area contributed by atoms with Crippen LogP contribution in [0, 0.1) is 11.6 Å². The number of hydrogen-bond donors (Lipinski definition) is 3. The van der Waals surface area contributed by atoms with E-state index in [1.165, 1.54) is 24.3 Å². The van der Waals surface area contributed by atoms with Gasteiger partial charge < -0.3 is 16.2 Å². The normalized spacial score (nSPS) is 10.3. The molecule has 0 unspecified atom stereocenters. The number of nitrogen functional groups attached to an aromatic ring is 1. The molecule has 2 rings (SSSR count). The standard InChI is InChI=1S/C13H9BrF2N2O2/c14-6-1-2-7(15)10(5-6)18-9-4-3-8(16)12(17)11(9)13(19)20/h1-5,18H,17H2,(H,19,20). The van der Waals surface area contributed by atoms with Crippen LogP contribution in [0.5, 0.6) is 0 Å². The number of hydrogen-bond acceptors (Lipinski definition) is 3. The second kappa shape index (κ2) is 5.46. The highest BCUT2D eigenvalue weighted by Gasteiger charge is 2.18. The SMILES string of the molecule is Nc1c(F)ccc(Nc2cc(Br)ccc2F)c1C(=O)O. The summed E-state index contributed by atoms with van der Waals surface area (Å²) in [7, 11) is 0. The summed E-state index contributed by atoms with van der Waals surface area (Å²) >= 11 is 3.18. The first kappa shape index (κ1) is 14.3. The summed E-state index contributed by atoms with van der Waals surface area (Å²) in [5, 5.41) is 11.7. The Morgan fingerprint density at radius 3 is 2.45 bits per heavy atom. The van der Waals surface area contributed by atoms with Crippen molar-refractivity contribution in [2.24, 2.45) is 0 Å². The lowest BCUT2D eigenvalue weighted by Gasteiger charge is -2.13. The van der Waals surface area contributed by atoms with E-state index in [9.17, 15) is 13.6 Å². The number of carboxylic acid groups (broad SMARTS) is 1. The second-order valence-corrected chi connectivity index (χ2v) is 4.85. The molecule has 104 valence electrons. The molecule has 4 nitrogen and oxygen atoms in total. The molecule has 2 aromatic carbocycles. The Balaban J connectivity index is 2.51. The summed E-state index contributed by atoms with van der Waals surface area (Å²) in [4.78, 5) is 11.1. The fourth-order valence-corrected chi connectivity index (χ4v) is 2.03. The Kier molecular flexibility index (Phi) is 3.89. The smallest absolute Gasteiger partial charge is 0.340 e. The first-order valence-corrected chi connectivity index (χ1v) is 6.23. The molecule has 0 atom stereocenters. The van der Waals surface area contributed by atoms with Crippen molar-refractivity contribution in [1.82, 2.24) is 0 Å². The number of carbonyl (C=O) groups is 1. The first-order valence-electron chi connectivity index (χ1n) is 5.43. The van der Waals surface area contributed by atoms with Gasteiger partial charge in [-0.2, -0.15) is 0 Å². The molecule has 20 heavy (non-hydrogen) atoms. The van der Waals surface area contributed by atoms with Gasteiger partial charge in [-0.25, -0.2) is 13.6 Å². The first-order chi connectivity index (χ1) is 9.40. The molecule has 0 spiro atoms. The van der Waals surface area contributed by atoms with Gasteiger partial charge in [0.15, 0.2) is 0 Å². The van der Waals surface area contributed by atoms with Gasteiger partial charge >= 0.3 is 5.97 Å². The van der Waals surface area contributed by atoms with Crippen molar-refractivity contribution in [3.05, 3.63) is 52.0 Å². The van der Waals surface area contributed by atoms with E-state index in [0.29, 0.717) is 4.47 Å². The van der Waals surface area contributed by atoms with Crippen LogP contribution in [-0.4, -0.2) is 11.1 Å². The number of halogens is 3.